The van der Waals surface area contributed by atoms with E-state index in [0.29, 0.717) is 18.6 Å². The molecule has 2 fully saturated rings. The highest BCUT2D eigenvalue weighted by Gasteiger charge is 2.34. The second-order valence-electron chi connectivity index (χ2n) is 5.41. The van der Waals surface area contributed by atoms with Crippen LogP contribution >= 0.6 is 0 Å². The van der Waals surface area contributed by atoms with Gasteiger partial charge in [-0.05, 0) is 32.1 Å². The van der Waals surface area contributed by atoms with Gasteiger partial charge in [0.25, 0.3) is 0 Å². The molecule has 0 radical (unpaired) electrons. The fourth-order valence-corrected chi connectivity index (χ4v) is 3.18. The summed E-state index contributed by atoms with van der Waals surface area (Å²) in [6, 6.07) is 0.520. The number of likely N-dealkylation sites (tertiary alicyclic amines) is 1. The molecular formula is C13H24N2O2. The maximum atomic E-state index is 12.4. The zero-order chi connectivity index (χ0) is 12.3. The van der Waals surface area contributed by atoms with E-state index in [1.807, 2.05) is 4.90 Å². The van der Waals surface area contributed by atoms with Gasteiger partial charge in [0.15, 0.2) is 0 Å². The van der Waals surface area contributed by atoms with E-state index in [1.54, 1.807) is 7.11 Å². The van der Waals surface area contributed by atoms with Crippen molar-refractivity contribution in [2.24, 2.45) is 11.7 Å². The summed E-state index contributed by atoms with van der Waals surface area (Å²) in [6.07, 6.45) is 6.25. The Balaban J connectivity index is 1.93. The van der Waals surface area contributed by atoms with Gasteiger partial charge in [-0.25, -0.2) is 0 Å². The number of ether oxygens (including phenoxy) is 1. The van der Waals surface area contributed by atoms with Crippen molar-refractivity contribution in [3.63, 3.8) is 0 Å². The molecule has 3 atom stereocenters. The molecule has 1 aliphatic heterocycles. The van der Waals surface area contributed by atoms with Crippen LogP contribution in [0.1, 0.15) is 38.5 Å². The van der Waals surface area contributed by atoms with Crippen molar-refractivity contribution in [2.75, 3.05) is 20.3 Å². The number of hydrogen-bond acceptors (Lipinski definition) is 3. The molecule has 0 aromatic carbocycles. The van der Waals surface area contributed by atoms with Crippen molar-refractivity contribution in [1.29, 1.82) is 0 Å². The molecule has 17 heavy (non-hydrogen) atoms. The minimum absolute atomic E-state index is 0.163. The van der Waals surface area contributed by atoms with Gasteiger partial charge in [0.1, 0.15) is 0 Å². The quantitative estimate of drug-likeness (QED) is 0.805. The van der Waals surface area contributed by atoms with E-state index < -0.39 is 0 Å². The van der Waals surface area contributed by atoms with Crippen molar-refractivity contribution in [3.8, 4) is 0 Å². The predicted molar refractivity (Wildman–Crippen MR) is 66.5 cm³/mol. The van der Waals surface area contributed by atoms with Crippen LogP contribution in [-0.2, 0) is 9.53 Å². The van der Waals surface area contributed by atoms with Crippen LogP contribution in [0.2, 0.25) is 0 Å². The van der Waals surface area contributed by atoms with Gasteiger partial charge in [0.2, 0.25) is 5.91 Å². The van der Waals surface area contributed by atoms with E-state index >= 15 is 0 Å². The average molecular weight is 240 g/mol. The average Bonchev–Trinajstić information content (AvgIpc) is 2.77. The summed E-state index contributed by atoms with van der Waals surface area (Å²) in [7, 11) is 1.71. The Hall–Kier alpha value is -0.610. The third-order valence-corrected chi connectivity index (χ3v) is 4.08. The lowest BCUT2D eigenvalue weighted by atomic mass is 9.85. The number of nitrogens with zero attached hydrogens (tertiary/aromatic N) is 1. The molecule has 4 nitrogen and oxygen atoms in total. The van der Waals surface area contributed by atoms with Crippen LogP contribution in [0.4, 0.5) is 0 Å². The number of methoxy groups -OCH3 is 1. The van der Waals surface area contributed by atoms with E-state index in [0.717, 1.165) is 45.1 Å². The van der Waals surface area contributed by atoms with Gasteiger partial charge in [0.05, 0.1) is 12.6 Å². The Morgan fingerprint density at radius 1 is 1.35 bits per heavy atom. The molecule has 0 spiro atoms. The van der Waals surface area contributed by atoms with Crippen LogP contribution in [0.25, 0.3) is 0 Å². The van der Waals surface area contributed by atoms with E-state index in [-0.39, 0.29) is 12.0 Å². The summed E-state index contributed by atoms with van der Waals surface area (Å²) in [5.41, 5.74) is 5.96. The maximum absolute atomic E-state index is 12.4. The van der Waals surface area contributed by atoms with Gasteiger partial charge in [-0.1, -0.05) is 6.42 Å². The molecule has 2 N–H and O–H groups in total. The van der Waals surface area contributed by atoms with Crippen LogP contribution in [0, 0.1) is 5.92 Å². The van der Waals surface area contributed by atoms with Gasteiger partial charge < -0.3 is 15.4 Å². The number of amides is 1. The van der Waals surface area contributed by atoms with Gasteiger partial charge in [-0.2, -0.15) is 0 Å². The monoisotopic (exact) mass is 240 g/mol. The SMILES string of the molecule is COC[C@@H]1CCCN1C(=O)[C@@H]1CCC[C@@H](N)C1. The highest BCUT2D eigenvalue weighted by molar-refractivity contribution is 5.79. The van der Waals surface area contributed by atoms with E-state index in [9.17, 15) is 4.79 Å². The summed E-state index contributed by atoms with van der Waals surface area (Å²) < 4.78 is 5.20. The topological polar surface area (TPSA) is 55.6 Å². The molecule has 4 heteroatoms. The van der Waals surface area contributed by atoms with Gasteiger partial charge in [-0.15, -0.1) is 0 Å². The molecule has 2 rings (SSSR count). The third-order valence-electron chi connectivity index (χ3n) is 4.08. The van der Waals surface area contributed by atoms with Gasteiger partial charge >= 0.3 is 0 Å². The highest BCUT2D eigenvalue weighted by atomic mass is 16.5. The zero-order valence-corrected chi connectivity index (χ0v) is 10.7. The normalized spacial score (nSPS) is 34.0. The molecule has 0 bridgehead atoms. The van der Waals surface area contributed by atoms with Crippen molar-refractivity contribution in [1.82, 2.24) is 4.90 Å². The molecule has 1 saturated heterocycles. The lowest BCUT2D eigenvalue weighted by Crippen LogP contribution is -2.44. The highest BCUT2D eigenvalue weighted by Crippen LogP contribution is 2.28. The lowest BCUT2D eigenvalue weighted by Gasteiger charge is -2.32. The van der Waals surface area contributed by atoms with Crippen LogP contribution in [0.5, 0.6) is 0 Å². The number of hydrogen-bond donors (Lipinski definition) is 1. The Morgan fingerprint density at radius 3 is 2.88 bits per heavy atom. The summed E-state index contributed by atoms with van der Waals surface area (Å²) in [6.45, 7) is 1.57. The molecule has 1 amide bonds. The Labute approximate surface area is 103 Å². The Kier molecular flexibility index (Phi) is 4.40. The first-order valence-corrected chi connectivity index (χ1v) is 6.77. The standard InChI is InChI=1S/C13H24N2O2/c1-17-9-12-6-3-7-15(12)13(16)10-4-2-5-11(14)8-10/h10-12H,2-9,14H2,1H3/t10-,11-,12+/m1/s1. The first kappa shape index (κ1) is 12.8. The molecule has 0 aromatic rings. The number of nitrogens with two attached hydrogens (primary N) is 1. The molecule has 0 unspecified atom stereocenters. The van der Waals surface area contributed by atoms with Crippen molar-refractivity contribution in [3.05, 3.63) is 0 Å². The molecule has 1 aliphatic carbocycles. The molecule has 1 heterocycles. The number of carbonyl (C=O) groups is 1. The number of rotatable bonds is 3. The second-order valence-corrected chi connectivity index (χ2v) is 5.41. The zero-order valence-electron chi connectivity index (χ0n) is 10.7. The minimum Gasteiger partial charge on any atom is -0.383 e. The van der Waals surface area contributed by atoms with E-state index in [4.69, 9.17) is 10.5 Å². The van der Waals surface area contributed by atoms with Crippen LogP contribution in [0.15, 0.2) is 0 Å². The first-order chi connectivity index (χ1) is 8.22. The van der Waals surface area contributed by atoms with Gasteiger partial charge in [-0.3, -0.25) is 4.79 Å². The Morgan fingerprint density at radius 2 is 2.18 bits per heavy atom. The summed E-state index contributed by atoms with van der Waals surface area (Å²) in [4.78, 5) is 14.5. The van der Waals surface area contributed by atoms with E-state index in [2.05, 4.69) is 0 Å². The minimum atomic E-state index is 0.163. The number of carbonyl (C=O) groups excluding carboxylic acids is 1. The van der Waals surface area contributed by atoms with Crippen LogP contribution < -0.4 is 5.73 Å². The fraction of sp³-hybridized carbons (Fsp3) is 0.923. The van der Waals surface area contributed by atoms with Crippen molar-refractivity contribution >= 4 is 5.91 Å². The van der Waals surface area contributed by atoms with E-state index in [1.165, 1.54) is 0 Å². The summed E-state index contributed by atoms with van der Waals surface area (Å²) >= 11 is 0. The molecule has 2 aliphatic rings. The van der Waals surface area contributed by atoms with Crippen LogP contribution in [-0.4, -0.2) is 43.2 Å². The second kappa shape index (κ2) is 5.83. The fourth-order valence-electron chi connectivity index (χ4n) is 3.18. The lowest BCUT2D eigenvalue weighted by molar-refractivity contribution is -0.138. The van der Waals surface area contributed by atoms with Crippen molar-refractivity contribution in [2.45, 2.75) is 50.6 Å². The first-order valence-electron chi connectivity index (χ1n) is 6.77. The molecule has 0 aromatic heterocycles. The molecule has 1 saturated carbocycles. The van der Waals surface area contributed by atoms with Crippen molar-refractivity contribution < 1.29 is 9.53 Å². The van der Waals surface area contributed by atoms with Crippen LogP contribution in [0.3, 0.4) is 0 Å². The summed E-state index contributed by atoms with van der Waals surface area (Å²) in [5.74, 6) is 0.482. The molecular weight excluding hydrogens is 216 g/mol. The Bertz CT molecular complexity index is 270. The predicted octanol–water partition coefficient (Wildman–Crippen LogP) is 1.14. The maximum Gasteiger partial charge on any atom is 0.226 e. The smallest absolute Gasteiger partial charge is 0.226 e. The largest absolute Gasteiger partial charge is 0.383 e. The summed E-state index contributed by atoms with van der Waals surface area (Å²) in [5, 5.41) is 0. The molecule has 98 valence electrons. The third kappa shape index (κ3) is 2.99. The van der Waals surface area contributed by atoms with Gasteiger partial charge in [0, 0.05) is 25.6 Å².